The molecule has 1 N–H and O–H groups in total. The first-order valence-corrected chi connectivity index (χ1v) is 9.27. The maximum Gasteiger partial charge on any atom is 0.344 e. The van der Waals surface area contributed by atoms with Gasteiger partial charge in [0, 0.05) is 24.6 Å². The van der Waals surface area contributed by atoms with Crippen LogP contribution in [0.1, 0.15) is 25.7 Å². The van der Waals surface area contributed by atoms with Gasteiger partial charge in [-0.25, -0.2) is 4.79 Å². The molecule has 2 aromatic carbocycles. The van der Waals surface area contributed by atoms with Crippen molar-refractivity contribution in [2.45, 2.75) is 31.5 Å². The SMILES string of the molecule is O=C(COC(=O)COc1ccccc1)Nc1ccc2c(c1)OC1(CCCC1)O2. The lowest BCUT2D eigenvalue weighted by atomic mass is 10.2. The van der Waals surface area contributed by atoms with Crippen molar-refractivity contribution < 1.29 is 28.5 Å². The van der Waals surface area contributed by atoms with Crippen LogP contribution in [0, 0.1) is 0 Å². The molecule has 0 atom stereocenters. The van der Waals surface area contributed by atoms with Gasteiger partial charge in [-0.3, -0.25) is 4.79 Å². The van der Waals surface area contributed by atoms with E-state index in [4.69, 9.17) is 18.9 Å². The fourth-order valence-electron chi connectivity index (χ4n) is 3.33. The van der Waals surface area contributed by atoms with E-state index >= 15 is 0 Å². The molecule has 0 radical (unpaired) electrons. The third kappa shape index (κ3) is 4.19. The first kappa shape index (κ1) is 18.2. The van der Waals surface area contributed by atoms with Crippen LogP contribution in [-0.2, 0) is 14.3 Å². The van der Waals surface area contributed by atoms with E-state index in [0.29, 0.717) is 22.9 Å². The maximum atomic E-state index is 12.0. The zero-order valence-electron chi connectivity index (χ0n) is 15.3. The van der Waals surface area contributed by atoms with Crippen LogP contribution in [0.25, 0.3) is 0 Å². The second-order valence-corrected chi connectivity index (χ2v) is 6.79. The highest BCUT2D eigenvalue weighted by atomic mass is 16.7. The summed E-state index contributed by atoms with van der Waals surface area (Å²) in [6.45, 7) is -0.654. The molecule has 0 unspecified atom stereocenters. The smallest absolute Gasteiger partial charge is 0.344 e. The molecule has 146 valence electrons. The number of para-hydroxylation sites is 1. The van der Waals surface area contributed by atoms with Crippen LogP contribution in [0.15, 0.2) is 48.5 Å². The highest BCUT2D eigenvalue weighted by Crippen LogP contribution is 2.47. The number of amides is 1. The molecular weight excluding hydrogens is 362 g/mol. The van der Waals surface area contributed by atoms with Crippen molar-refractivity contribution in [3.8, 4) is 17.2 Å². The van der Waals surface area contributed by atoms with Crippen molar-refractivity contribution in [2.75, 3.05) is 18.5 Å². The summed E-state index contributed by atoms with van der Waals surface area (Å²) in [4.78, 5) is 23.7. The zero-order valence-corrected chi connectivity index (χ0v) is 15.3. The van der Waals surface area contributed by atoms with Gasteiger partial charge in [-0.2, -0.15) is 0 Å². The normalized spacial score (nSPS) is 16.0. The van der Waals surface area contributed by atoms with E-state index in [1.807, 2.05) is 6.07 Å². The van der Waals surface area contributed by atoms with Crippen LogP contribution >= 0.6 is 0 Å². The van der Waals surface area contributed by atoms with Crippen LogP contribution in [0.3, 0.4) is 0 Å². The van der Waals surface area contributed by atoms with Gasteiger partial charge < -0.3 is 24.3 Å². The molecule has 0 aromatic heterocycles. The Morgan fingerprint density at radius 2 is 1.71 bits per heavy atom. The Morgan fingerprint density at radius 3 is 2.50 bits per heavy atom. The number of carbonyl (C=O) groups is 2. The summed E-state index contributed by atoms with van der Waals surface area (Å²) in [6, 6.07) is 14.1. The van der Waals surface area contributed by atoms with Gasteiger partial charge in [0.15, 0.2) is 24.7 Å². The van der Waals surface area contributed by atoms with Crippen LogP contribution < -0.4 is 19.5 Å². The summed E-state index contributed by atoms with van der Waals surface area (Å²) in [6.07, 6.45) is 3.89. The molecule has 7 nitrogen and oxygen atoms in total. The van der Waals surface area contributed by atoms with Crippen LogP contribution in [-0.4, -0.2) is 30.9 Å². The molecule has 2 aromatic rings. The van der Waals surface area contributed by atoms with Gasteiger partial charge in [-0.05, 0) is 37.1 Å². The molecule has 1 fully saturated rings. The number of esters is 1. The minimum Gasteiger partial charge on any atom is -0.482 e. The average molecular weight is 383 g/mol. The second-order valence-electron chi connectivity index (χ2n) is 6.79. The molecular formula is C21H21NO6. The molecule has 0 bridgehead atoms. The monoisotopic (exact) mass is 383 g/mol. The Balaban J connectivity index is 1.24. The molecule has 1 aliphatic carbocycles. The van der Waals surface area contributed by atoms with Crippen molar-refractivity contribution >= 4 is 17.6 Å². The van der Waals surface area contributed by atoms with E-state index in [9.17, 15) is 9.59 Å². The molecule has 0 saturated heterocycles. The fourth-order valence-corrected chi connectivity index (χ4v) is 3.33. The van der Waals surface area contributed by atoms with Gasteiger partial charge in [0.2, 0.25) is 0 Å². The maximum absolute atomic E-state index is 12.0. The lowest BCUT2D eigenvalue weighted by molar-refractivity contribution is -0.149. The van der Waals surface area contributed by atoms with Crippen molar-refractivity contribution in [3.63, 3.8) is 0 Å². The lowest BCUT2D eigenvalue weighted by Gasteiger charge is -2.21. The van der Waals surface area contributed by atoms with Crippen molar-refractivity contribution in [2.24, 2.45) is 0 Å². The van der Waals surface area contributed by atoms with Gasteiger partial charge in [0.25, 0.3) is 11.7 Å². The topological polar surface area (TPSA) is 83.1 Å². The Bertz CT molecular complexity index is 860. The van der Waals surface area contributed by atoms with Crippen LogP contribution in [0.2, 0.25) is 0 Å². The average Bonchev–Trinajstić information content (AvgIpc) is 3.31. The van der Waals surface area contributed by atoms with E-state index in [0.717, 1.165) is 25.7 Å². The lowest BCUT2D eigenvalue weighted by Crippen LogP contribution is -2.34. The third-order valence-electron chi connectivity index (χ3n) is 4.65. The minimum atomic E-state index is -0.618. The van der Waals surface area contributed by atoms with E-state index < -0.39 is 24.3 Å². The number of nitrogens with one attached hydrogen (secondary N) is 1. The third-order valence-corrected chi connectivity index (χ3v) is 4.65. The van der Waals surface area contributed by atoms with Crippen LogP contribution in [0.4, 0.5) is 5.69 Å². The van der Waals surface area contributed by atoms with E-state index in [-0.39, 0.29) is 6.61 Å². The van der Waals surface area contributed by atoms with Gasteiger partial charge in [-0.1, -0.05) is 18.2 Å². The van der Waals surface area contributed by atoms with Crippen molar-refractivity contribution in [1.29, 1.82) is 0 Å². The molecule has 1 spiro atoms. The summed E-state index contributed by atoms with van der Waals surface area (Å²) < 4.78 is 22.1. The Labute approximate surface area is 162 Å². The Morgan fingerprint density at radius 1 is 0.964 bits per heavy atom. The standard InChI is InChI=1S/C21H21NO6/c23-19(13-26-20(24)14-25-16-6-2-1-3-7-16)22-15-8-9-17-18(12-15)28-21(27-17)10-4-5-11-21/h1-3,6-9,12H,4-5,10-11,13-14H2,(H,22,23). The number of hydrogen-bond donors (Lipinski definition) is 1. The summed E-state index contributed by atoms with van der Waals surface area (Å²) in [7, 11) is 0. The van der Waals surface area contributed by atoms with E-state index in [2.05, 4.69) is 5.32 Å². The fraction of sp³-hybridized carbons (Fsp3) is 0.333. The van der Waals surface area contributed by atoms with Gasteiger partial charge >= 0.3 is 5.97 Å². The molecule has 1 aliphatic heterocycles. The summed E-state index contributed by atoms with van der Waals surface area (Å²) in [5.74, 6) is 0.260. The van der Waals surface area contributed by atoms with Crippen LogP contribution in [0.5, 0.6) is 17.2 Å². The number of carbonyl (C=O) groups excluding carboxylic acids is 2. The second kappa shape index (κ2) is 7.80. The number of fused-ring (bicyclic) bond motifs is 1. The first-order chi connectivity index (χ1) is 13.6. The van der Waals surface area contributed by atoms with E-state index in [1.54, 1.807) is 42.5 Å². The van der Waals surface area contributed by atoms with Gasteiger partial charge in [-0.15, -0.1) is 0 Å². The minimum absolute atomic E-state index is 0.261. The number of benzene rings is 2. The summed E-state index contributed by atoms with van der Waals surface area (Å²) >= 11 is 0. The summed E-state index contributed by atoms with van der Waals surface area (Å²) in [5, 5.41) is 2.69. The number of anilines is 1. The molecule has 7 heteroatoms. The van der Waals surface area contributed by atoms with Crippen molar-refractivity contribution in [3.05, 3.63) is 48.5 Å². The molecule has 1 amide bonds. The summed E-state index contributed by atoms with van der Waals surface area (Å²) in [5.41, 5.74) is 0.555. The molecule has 4 rings (SSSR count). The Hall–Kier alpha value is -3.22. The van der Waals surface area contributed by atoms with Gasteiger partial charge in [0.05, 0.1) is 0 Å². The highest BCUT2D eigenvalue weighted by Gasteiger charge is 2.44. The quantitative estimate of drug-likeness (QED) is 0.771. The molecule has 1 saturated carbocycles. The zero-order chi connectivity index (χ0) is 19.4. The van der Waals surface area contributed by atoms with E-state index in [1.165, 1.54) is 0 Å². The molecule has 28 heavy (non-hydrogen) atoms. The van der Waals surface area contributed by atoms with Crippen molar-refractivity contribution in [1.82, 2.24) is 0 Å². The number of rotatable bonds is 6. The van der Waals surface area contributed by atoms with Gasteiger partial charge in [0.1, 0.15) is 5.75 Å². The Kier molecular flexibility index (Phi) is 5.06. The number of ether oxygens (including phenoxy) is 4. The number of hydrogen-bond acceptors (Lipinski definition) is 6. The first-order valence-electron chi connectivity index (χ1n) is 9.27. The predicted molar refractivity (Wildman–Crippen MR) is 100 cm³/mol. The largest absolute Gasteiger partial charge is 0.482 e. The molecule has 2 aliphatic rings. The highest BCUT2D eigenvalue weighted by molar-refractivity contribution is 5.93. The predicted octanol–water partition coefficient (Wildman–Crippen LogP) is 3.29. The molecule has 1 heterocycles.